The number of carbonyl (C=O) groups excluding carboxylic acids is 1. The van der Waals surface area contributed by atoms with Crippen molar-refractivity contribution in [3.05, 3.63) is 56.6 Å². The number of hydrogen-bond donors (Lipinski definition) is 0. The molecular formula is C21H24ClN3O6. The molecule has 0 aromatic heterocycles. The van der Waals surface area contributed by atoms with E-state index in [1.807, 2.05) is 12.1 Å². The maximum atomic E-state index is 12.9. The van der Waals surface area contributed by atoms with Crippen LogP contribution in [-0.2, 0) is 6.54 Å². The molecule has 3 rings (SSSR count). The van der Waals surface area contributed by atoms with Gasteiger partial charge in [0.1, 0.15) is 5.56 Å². The van der Waals surface area contributed by atoms with Crippen LogP contribution in [0.2, 0.25) is 5.02 Å². The summed E-state index contributed by atoms with van der Waals surface area (Å²) >= 11 is 5.85. The molecule has 1 saturated heterocycles. The summed E-state index contributed by atoms with van der Waals surface area (Å²) in [6.07, 6.45) is 0. The normalized spacial score (nSPS) is 14.3. The molecule has 1 amide bonds. The molecule has 0 bridgehead atoms. The zero-order valence-corrected chi connectivity index (χ0v) is 18.3. The van der Waals surface area contributed by atoms with Crippen molar-refractivity contribution < 1.29 is 23.9 Å². The number of piperazine rings is 1. The van der Waals surface area contributed by atoms with E-state index in [0.29, 0.717) is 50.0 Å². The number of nitro benzene ring substituents is 1. The Morgan fingerprint density at radius 3 is 2.29 bits per heavy atom. The highest BCUT2D eigenvalue weighted by Gasteiger charge is 2.28. The second-order valence-electron chi connectivity index (χ2n) is 6.98. The summed E-state index contributed by atoms with van der Waals surface area (Å²) < 4.78 is 16.3. The Morgan fingerprint density at radius 1 is 1.03 bits per heavy atom. The second-order valence-corrected chi connectivity index (χ2v) is 7.42. The largest absolute Gasteiger partial charge is 0.493 e. The topological polar surface area (TPSA) is 94.4 Å². The van der Waals surface area contributed by atoms with E-state index >= 15 is 0 Å². The molecule has 1 heterocycles. The van der Waals surface area contributed by atoms with Crippen molar-refractivity contribution in [2.24, 2.45) is 0 Å². The number of methoxy groups -OCH3 is 3. The van der Waals surface area contributed by atoms with E-state index in [0.717, 1.165) is 5.56 Å². The van der Waals surface area contributed by atoms with Crippen LogP contribution in [0.1, 0.15) is 15.9 Å². The molecule has 9 nitrogen and oxygen atoms in total. The molecule has 1 aliphatic heterocycles. The molecule has 0 saturated carbocycles. The number of hydrogen-bond acceptors (Lipinski definition) is 7. The van der Waals surface area contributed by atoms with Gasteiger partial charge in [0.2, 0.25) is 5.75 Å². The summed E-state index contributed by atoms with van der Waals surface area (Å²) in [4.78, 5) is 27.4. The van der Waals surface area contributed by atoms with Crippen molar-refractivity contribution in [1.82, 2.24) is 9.80 Å². The maximum Gasteiger partial charge on any atom is 0.283 e. The van der Waals surface area contributed by atoms with Gasteiger partial charge in [0.15, 0.2) is 11.5 Å². The predicted molar refractivity (Wildman–Crippen MR) is 115 cm³/mol. The lowest BCUT2D eigenvalue weighted by Crippen LogP contribution is -2.48. The van der Waals surface area contributed by atoms with E-state index in [1.54, 1.807) is 26.2 Å². The molecule has 31 heavy (non-hydrogen) atoms. The van der Waals surface area contributed by atoms with Gasteiger partial charge in [-0.2, -0.15) is 0 Å². The predicted octanol–water partition coefficient (Wildman–Crippen LogP) is 3.23. The van der Waals surface area contributed by atoms with Crippen LogP contribution in [-0.4, -0.2) is 68.1 Å². The lowest BCUT2D eigenvalue weighted by atomic mass is 10.1. The van der Waals surface area contributed by atoms with Gasteiger partial charge in [0, 0.05) is 49.4 Å². The molecule has 2 aromatic carbocycles. The Morgan fingerprint density at radius 2 is 1.71 bits per heavy atom. The third kappa shape index (κ3) is 4.83. The van der Waals surface area contributed by atoms with Crippen molar-refractivity contribution in [2.45, 2.75) is 6.54 Å². The van der Waals surface area contributed by atoms with Crippen molar-refractivity contribution in [3.8, 4) is 17.2 Å². The highest BCUT2D eigenvalue weighted by Crippen LogP contribution is 2.40. The Hall–Kier alpha value is -3.04. The van der Waals surface area contributed by atoms with E-state index in [9.17, 15) is 14.9 Å². The minimum atomic E-state index is -0.585. The van der Waals surface area contributed by atoms with Crippen molar-refractivity contribution in [2.75, 3.05) is 47.5 Å². The summed E-state index contributed by atoms with van der Waals surface area (Å²) in [5.41, 5.74) is 0.702. The monoisotopic (exact) mass is 449 g/mol. The van der Waals surface area contributed by atoms with Crippen LogP contribution in [0.3, 0.4) is 0 Å². The molecule has 10 heteroatoms. The summed E-state index contributed by atoms with van der Waals surface area (Å²) in [6, 6.07) is 7.85. The molecule has 1 aliphatic rings. The van der Waals surface area contributed by atoms with Gasteiger partial charge in [-0.3, -0.25) is 19.8 Å². The zero-order valence-electron chi connectivity index (χ0n) is 17.6. The second kappa shape index (κ2) is 9.84. The van der Waals surface area contributed by atoms with E-state index in [1.165, 1.54) is 18.2 Å². The molecule has 0 radical (unpaired) electrons. The zero-order chi connectivity index (χ0) is 22.5. The molecule has 0 atom stereocenters. The van der Waals surface area contributed by atoms with Crippen LogP contribution >= 0.6 is 11.6 Å². The number of benzene rings is 2. The van der Waals surface area contributed by atoms with E-state index < -0.39 is 4.92 Å². The third-order valence-electron chi connectivity index (χ3n) is 5.23. The average Bonchev–Trinajstić information content (AvgIpc) is 2.78. The SMILES string of the molecule is COc1ccc(CN2CCN(C(=O)c3ccc(Cl)cc3[N+](=O)[O-])CC2)c(OC)c1OC. The van der Waals surface area contributed by atoms with Crippen LogP contribution in [0, 0.1) is 10.1 Å². The van der Waals surface area contributed by atoms with Crippen molar-refractivity contribution in [1.29, 1.82) is 0 Å². The molecule has 0 spiro atoms. The van der Waals surface area contributed by atoms with Gasteiger partial charge in [-0.25, -0.2) is 0 Å². The van der Waals surface area contributed by atoms with E-state index in [-0.39, 0.29) is 22.2 Å². The first-order valence-corrected chi connectivity index (χ1v) is 10.0. The van der Waals surface area contributed by atoms with Crippen LogP contribution in [0.15, 0.2) is 30.3 Å². The minimum absolute atomic E-state index is 0.0458. The number of nitrogens with zero attached hydrogens (tertiary/aromatic N) is 3. The highest BCUT2D eigenvalue weighted by atomic mass is 35.5. The summed E-state index contributed by atoms with van der Waals surface area (Å²) in [6.45, 7) is 2.74. The van der Waals surface area contributed by atoms with Crippen molar-refractivity contribution in [3.63, 3.8) is 0 Å². The van der Waals surface area contributed by atoms with Gasteiger partial charge in [0.25, 0.3) is 11.6 Å². The molecule has 0 unspecified atom stereocenters. The fraction of sp³-hybridized carbons (Fsp3) is 0.381. The third-order valence-corrected chi connectivity index (χ3v) is 5.46. The summed E-state index contributed by atoms with van der Waals surface area (Å²) in [7, 11) is 4.71. The van der Waals surface area contributed by atoms with Gasteiger partial charge in [-0.1, -0.05) is 17.7 Å². The highest BCUT2D eigenvalue weighted by molar-refractivity contribution is 6.31. The minimum Gasteiger partial charge on any atom is -0.493 e. The van der Waals surface area contributed by atoms with Gasteiger partial charge >= 0.3 is 0 Å². The lowest BCUT2D eigenvalue weighted by Gasteiger charge is -2.35. The first-order chi connectivity index (χ1) is 14.9. The molecule has 0 N–H and O–H groups in total. The Labute approximate surface area is 185 Å². The summed E-state index contributed by atoms with van der Waals surface area (Å²) in [5, 5.41) is 11.5. The number of amides is 1. The Kier molecular flexibility index (Phi) is 7.19. The van der Waals surface area contributed by atoms with E-state index in [4.69, 9.17) is 25.8 Å². The number of halogens is 1. The fourth-order valence-corrected chi connectivity index (χ4v) is 3.81. The lowest BCUT2D eigenvalue weighted by molar-refractivity contribution is -0.385. The van der Waals surface area contributed by atoms with E-state index in [2.05, 4.69) is 4.90 Å². The van der Waals surface area contributed by atoms with Gasteiger partial charge in [-0.15, -0.1) is 0 Å². The Balaban J connectivity index is 1.70. The maximum absolute atomic E-state index is 12.9. The smallest absolute Gasteiger partial charge is 0.283 e. The first-order valence-electron chi connectivity index (χ1n) is 9.63. The van der Waals surface area contributed by atoms with Crippen LogP contribution in [0.5, 0.6) is 17.2 Å². The van der Waals surface area contributed by atoms with Crippen LogP contribution in [0.25, 0.3) is 0 Å². The number of carbonyl (C=O) groups is 1. The van der Waals surface area contributed by atoms with Crippen molar-refractivity contribution >= 4 is 23.2 Å². The van der Waals surface area contributed by atoms with Gasteiger partial charge < -0.3 is 19.1 Å². The fourth-order valence-electron chi connectivity index (χ4n) is 3.64. The molecule has 0 aliphatic carbocycles. The first kappa shape index (κ1) is 22.6. The van der Waals surface area contributed by atoms with Gasteiger partial charge in [-0.05, 0) is 18.2 Å². The summed E-state index contributed by atoms with van der Waals surface area (Å²) in [5.74, 6) is 1.36. The molecule has 166 valence electrons. The molecule has 2 aromatic rings. The van der Waals surface area contributed by atoms with Crippen LogP contribution in [0.4, 0.5) is 5.69 Å². The number of nitro groups is 1. The average molecular weight is 450 g/mol. The standard InChI is InChI=1S/C21H24ClN3O6/c1-29-18-7-4-14(19(30-2)20(18)31-3)13-23-8-10-24(11-9-23)21(26)16-6-5-15(22)12-17(16)25(27)28/h4-7,12H,8-11,13H2,1-3H3. The quantitative estimate of drug-likeness (QED) is 0.473. The number of rotatable bonds is 7. The molecule has 1 fully saturated rings. The Bertz CT molecular complexity index is 976. The number of ether oxygens (including phenoxy) is 3. The molecular weight excluding hydrogens is 426 g/mol. The van der Waals surface area contributed by atoms with Crippen LogP contribution < -0.4 is 14.2 Å². The van der Waals surface area contributed by atoms with Gasteiger partial charge in [0.05, 0.1) is 26.3 Å².